The highest BCUT2D eigenvalue weighted by Crippen LogP contribution is 2.42. The SMILES string of the molecule is C/C=C\C(C)(C)C(CC)C(C)C(C)c1ccccc1. The van der Waals surface area contributed by atoms with Gasteiger partial charge in [0.1, 0.15) is 0 Å². The Bertz CT molecular complexity index is 386. The first-order chi connectivity index (χ1) is 8.94. The minimum Gasteiger partial charge on any atom is -0.0911 e. The number of hydrogen-bond donors (Lipinski definition) is 0. The van der Waals surface area contributed by atoms with Crippen molar-refractivity contribution in [3.63, 3.8) is 0 Å². The monoisotopic (exact) mass is 258 g/mol. The summed E-state index contributed by atoms with van der Waals surface area (Å²) < 4.78 is 0. The van der Waals surface area contributed by atoms with Crippen LogP contribution in [0.5, 0.6) is 0 Å². The number of allylic oxidation sites excluding steroid dienone is 2. The third-order valence-electron chi connectivity index (χ3n) is 4.74. The lowest BCUT2D eigenvalue weighted by Gasteiger charge is -2.38. The zero-order valence-electron chi connectivity index (χ0n) is 13.5. The molecule has 0 heteroatoms. The second-order valence-electron chi connectivity index (χ2n) is 6.39. The first kappa shape index (κ1) is 16.0. The van der Waals surface area contributed by atoms with Crippen molar-refractivity contribution >= 4 is 0 Å². The summed E-state index contributed by atoms with van der Waals surface area (Å²) >= 11 is 0. The minimum absolute atomic E-state index is 0.270. The molecule has 0 bridgehead atoms. The fourth-order valence-electron chi connectivity index (χ4n) is 3.54. The van der Waals surface area contributed by atoms with Gasteiger partial charge in [0.2, 0.25) is 0 Å². The number of benzene rings is 1. The van der Waals surface area contributed by atoms with Gasteiger partial charge in [-0.2, -0.15) is 0 Å². The first-order valence-corrected chi connectivity index (χ1v) is 7.62. The molecule has 3 unspecified atom stereocenters. The van der Waals surface area contributed by atoms with Crippen molar-refractivity contribution in [3.05, 3.63) is 48.0 Å². The van der Waals surface area contributed by atoms with Crippen LogP contribution < -0.4 is 0 Å². The molecule has 0 aliphatic heterocycles. The Morgan fingerprint density at radius 2 is 1.68 bits per heavy atom. The van der Waals surface area contributed by atoms with Crippen LogP contribution in [0, 0.1) is 17.3 Å². The van der Waals surface area contributed by atoms with Crippen LogP contribution in [0.4, 0.5) is 0 Å². The van der Waals surface area contributed by atoms with E-state index in [0.717, 1.165) is 0 Å². The van der Waals surface area contributed by atoms with E-state index in [2.05, 4.69) is 84.0 Å². The molecule has 1 rings (SSSR count). The maximum Gasteiger partial charge on any atom is -0.0144 e. The lowest BCUT2D eigenvalue weighted by Crippen LogP contribution is -2.30. The molecule has 0 amide bonds. The quantitative estimate of drug-likeness (QED) is 0.544. The number of rotatable bonds is 6. The van der Waals surface area contributed by atoms with E-state index in [-0.39, 0.29) is 5.41 Å². The molecule has 0 saturated carbocycles. The Morgan fingerprint density at radius 1 is 1.11 bits per heavy atom. The van der Waals surface area contributed by atoms with Crippen LogP contribution in [0.3, 0.4) is 0 Å². The molecule has 0 N–H and O–H groups in total. The van der Waals surface area contributed by atoms with Gasteiger partial charge in [0.25, 0.3) is 0 Å². The summed E-state index contributed by atoms with van der Waals surface area (Å²) in [5, 5.41) is 0. The van der Waals surface area contributed by atoms with E-state index in [1.807, 2.05) is 0 Å². The van der Waals surface area contributed by atoms with Crippen molar-refractivity contribution in [1.82, 2.24) is 0 Å². The van der Waals surface area contributed by atoms with E-state index in [1.165, 1.54) is 12.0 Å². The maximum atomic E-state index is 2.41. The normalized spacial score (nSPS) is 17.4. The summed E-state index contributed by atoms with van der Waals surface area (Å²) in [4.78, 5) is 0. The maximum absolute atomic E-state index is 2.41. The molecule has 1 aromatic carbocycles. The average Bonchev–Trinajstić information content (AvgIpc) is 2.39. The second-order valence-corrected chi connectivity index (χ2v) is 6.39. The highest BCUT2D eigenvalue weighted by atomic mass is 14.4. The van der Waals surface area contributed by atoms with E-state index in [9.17, 15) is 0 Å². The summed E-state index contributed by atoms with van der Waals surface area (Å²) in [6.07, 6.45) is 5.80. The Kier molecular flexibility index (Phi) is 5.85. The second kappa shape index (κ2) is 6.93. The smallest absolute Gasteiger partial charge is 0.0144 e. The summed E-state index contributed by atoms with van der Waals surface area (Å²) in [5.41, 5.74) is 1.73. The molecule has 3 atom stereocenters. The Labute approximate surface area is 119 Å². The van der Waals surface area contributed by atoms with Crippen molar-refractivity contribution in [2.45, 2.75) is 53.9 Å². The van der Waals surface area contributed by atoms with Crippen LogP contribution in [0.1, 0.15) is 59.4 Å². The molecule has 0 radical (unpaired) electrons. The van der Waals surface area contributed by atoms with Crippen molar-refractivity contribution in [2.24, 2.45) is 17.3 Å². The van der Waals surface area contributed by atoms with Gasteiger partial charge in [0.05, 0.1) is 0 Å². The van der Waals surface area contributed by atoms with Gasteiger partial charge in [0, 0.05) is 0 Å². The van der Waals surface area contributed by atoms with E-state index < -0.39 is 0 Å². The fraction of sp³-hybridized carbons (Fsp3) is 0.579. The predicted octanol–water partition coefficient (Wildman–Crippen LogP) is 6.05. The summed E-state index contributed by atoms with van der Waals surface area (Å²) in [7, 11) is 0. The van der Waals surface area contributed by atoms with E-state index in [4.69, 9.17) is 0 Å². The van der Waals surface area contributed by atoms with Gasteiger partial charge < -0.3 is 0 Å². The molecule has 0 aromatic heterocycles. The zero-order valence-corrected chi connectivity index (χ0v) is 13.5. The van der Waals surface area contributed by atoms with Crippen LogP contribution in [0.15, 0.2) is 42.5 Å². The molecule has 0 heterocycles. The van der Waals surface area contributed by atoms with Crippen LogP contribution >= 0.6 is 0 Å². The molecule has 0 spiro atoms. The molecule has 0 saturated heterocycles. The molecule has 0 nitrogen and oxygen atoms in total. The average molecular weight is 258 g/mol. The molecule has 1 aromatic rings. The van der Waals surface area contributed by atoms with Crippen molar-refractivity contribution < 1.29 is 0 Å². The molecule has 0 aliphatic rings. The molecular weight excluding hydrogens is 228 g/mol. The van der Waals surface area contributed by atoms with Gasteiger partial charge in [-0.3, -0.25) is 0 Å². The summed E-state index contributed by atoms with van der Waals surface area (Å²) in [5.74, 6) is 1.99. The lowest BCUT2D eigenvalue weighted by molar-refractivity contribution is 0.172. The van der Waals surface area contributed by atoms with E-state index in [0.29, 0.717) is 17.8 Å². The molecule has 0 aliphatic carbocycles. The van der Waals surface area contributed by atoms with Crippen LogP contribution in [0.2, 0.25) is 0 Å². The van der Waals surface area contributed by atoms with Crippen molar-refractivity contribution in [2.75, 3.05) is 0 Å². The Balaban J connectivity index is 2.93. The van der Waals surface area contributed by atoms with Gasteiger partial charge in [-0.15, -0.1) is 0 Å². The topological polar surface area (TPSA) is 0 Å². The summed E-state index contributed by atoms with van der Waals surface area (Å²) in [6, 6.07) is 10.9. The van der Waals surface area contributed by atoms with Gasteiger partial charge in [-0.25, -0.2) is 0 Å². The highest BCUT2D eigenvalue weighted by molar-refractivity contribution is 5.20. The van der Waals surface area contributed by atoms with Crippen LogP contribution in [0.25, 0.3) is 0 Å². The largest absolute Gasteiger partial charge is 0.0911 e. The highest BCUT2D eigenvalue weighted by Gasteiger charge is 2.32. The Morgan fingerprint density at radius 3 is 2.16 bits per heavy atom. The van der Waals surface area contributed by atoms with E-state index >= 15 is 0 Å². The van der Waals surface area contributed by atoms with Crippen LogP contribution in [-0.4, -0.2) is 0 Å². The Hall–Kier alpha value is -1.04. The van der Waals surface area contributed by atoms with E-state index in [1.54, 1.807) is 0 Å². The number of hydrogen-bond acceptors (Lipinski definition) is 0. The van der Waals surface area contributed by atoms with Crippen molar-refractivity contribution in [1.29, 1.82) is 0 Å². The summed E-state index contributed by atoms with van der Waals surface area (Å²) in [6.45, 7) is 14.0. The van der Waals surface area contributed by atoms with Gasteiger partial charge in [0.15, 0.2) is 0 Å². The minimum atomic E-state index is 0.270. The third kappa shape index (κ3) is 3.96. The van der Waals surface area contributed by atoms with Gasteiger partial charge in [-0.1, -0.05) is 83.5 Å². The van der Waals surface area contributed by atoms with Gasteiger partial charge in [-0.05, 0) is 35.7 Å². The van der Waals surface area contributed by atoms with Gasteiger partial charge >= 0.3 is 0 Å². The zero-order chi connectivity index (χ0) is 14.5. The van der Waals surface area contributed by atoms with Crippen LogP contribution in [-0.2, 0) is 0 Å². The molecule has 19 heavy (non-hydrogen) atoms. The molecular formula is C19H30. The first-order valence-electron chi connectivity index (χ1n) is 7.62. The third-order valence-corrected chi connectivity index (χ3v) is 4.74. The van der Waals surface area contributed by atoms with Crippen molar-refractivity contribution in [3.8, 4) is 0 Å². The predicted molar refractivity (Wildman–Crippen MR) is 86.4 cm³/mol. The molecule has 0 fully saturated rings. The fourth-order valence-corrected chi connectivity index (χ4v) is 3.54. The molecule has 106 valence electrons. The standard InChI is InChI=1S/C19H30/c1-7-14-19(5,6)18(8-2)16(4)15(3)17-12-10-9-11-13-17/h7,9-16,18H,8H2,1-6H3/b14-7-. The lowest BCUT2D eigenvalue weighted by atomic mass is 9.66.